The topological polar surface area (TPSA) is 119 Å². The van der Waals surface area contributed by atoms with E-state index in [9.17, 15) is 16.8 Å². The van der Waals surface area contributed by atoms with Crippen LogP contribution in [0.15, 0.2) is 52.5 Å². The highest BCUT2D eigenvalue weighted by molar-refractivity contribution is 7.92. The number of anilines is 1. The fourth-order valence-electron chi connectivity index (χ4n) is 1.64. The highest BCUT2D eigenvalue weighted by Gasteiger charge is 2.16. The molecule has 0 saturated heterocycles. The molecule has 0 amide bonds. The molecular weight excluding hydrogens is 314 g/mol. The first-order chi connectivity index (χ1) is 9.70. The van der Waals surface area contributed by atoms with Crippen molar-refractivity contribution in [1.29, 1.82) is 0 Å². The molecule has 2 rings (SSSR count). The summed E-state index contributed by atoms with van der Waals surface area (Å²) in [4.78, 5) is 3.68. The lowest BCUT2D eigenvalue weighted by atomic mass is 10.2. The van der Waals surface area contributed by atoms with Gasteiger partial charge in [0.15, 0.2) is 0 Å². The first-order valence-corrected chi connectivity index (χ1v) is 8.79. The van der Waals surface area contributed by atoms with Gasteiger partial charge in [0.25, 0.3) is 10.0 Å². The van der Waals surface area contributed by atoms with Crippen LogP contribution in [0.3, 0.4) is 0 Å². The van der Waals surface area contributed by atoms with Gasteiger partial charge in [-0.15, -0.1) is 0 Å². The molecule has 0 saturated carbocycles. The third-order valence-corrected chi connectivity index (χ3v) is 4.98. The molecular formula is C12H13N3O4S2. The van der Waals surface area contributed by atoms with E-state index in [-0.39, 0.29) is 15.5 Å². The molecule has 0 unspecified atom stereocenters. The van der Waals surface area contributed by atoms with Crippen LogP contribution >= 0.6 is 0 Å². The smallest absolute Gasteiger partial charge is 0.263 e. The van der Waals surface area contributed by atoms with Crippen LogP contribution < -0.4 is 9.86 Å². The maximum atomic E-state index is 12.1. The van der Waals surface area contributed by atoms with Crippen LogP contribution in [-0.2, 0) is 20.0 Å². The summed E-state index contributed by atoms with van der Waals surface area (Å²) in [5.41, 5.74) is 0.709. The summed E-state index contributed by atoms with van der Waals surface area (Å²) in [6.07, 6.45) is 2.68. The van der Waals surface area contributed by atoms with Gasteiger partial charge in [0.05, 0.1) is 10.6 Å². The number of rotatable bonds is 4. The van der Waals surface area contributed by atoms with E-state index in [4.69, 9.17) is 5.14 Å². The number of nitrogens with zero attached hydrogens (tertiary/aromatic N) is 1. The minimum Gasteiger partial charge on any atom is -0.279 e. The van der Waals surface area contributed by atoms with Gasteiger partial charge >= 0.3 is 0 Å². The first kappa shape index (κ1) is 15.4. The van der Waals surface area contributed by atoms with Crippen LogP contribution in [0.2, 0.25) is 0 Å². The van der Waals surface area contributed by atoms with E-state index >= 15 is 0 Å². The second-order valence-electron chi connectivity index (χ2n) is 4.32. The standard InChI is InChI=1S/C12H13N3O4S2/c1-9-7-10(20(13,16)17)4-5-12(9)15-21(18,19)11-3-2-6-14-8-11/h2-8,15H,1H3,(H2,13,16,17). The highest BCUT2D eigenvalue weighted by atomic mass is 32.2. The van der Waals surface area contributed by atoms with Crippen molar-refractivity contribution >= 4 is 25.7 Å². The van der Waals surface area contributed by atoms with Crippen molar-refractivity contribution in [3.05, 3.63) is 48.3 Å². The van der Waals surface area contributed by atoms with Gasteiger partial charge in [0, 0.05) is 12.4 Å². The summed E-state index contributed by atoms with van der Waals surface area (Å²) in [5.74, 6) is 0. The SMILES string of the molecule is Cc1cc(S(N)(=O)=O)ccc1NS(=O)(=O)c1cccnc1. The van der Waals surface area contributed by atoms with Gasteiger partial charge in [-0.3, -0.25) is 9.71 Å². The molecule has 1 aromatic carbocycles. The summed E-state index contributed by atoms with van der Waals surface area (Å²) >= 11 is 0. The van der Waals surface area contributed by atoms with Crippen molar-refractivity contribution in [3.8, 4) is 0 Å². The van der Waals surface area contributed by atoms with Crippen LogP contribution in [-0.4, -0.2) is 21.8 Å². The van der Waals surface area contributed by atoms with Gasteiger partial charge in [-0.25, -0.2) is 22.0 Å². The second-order valence-corrected chi connectivity index (χ2v) is 7.56. The summed E-state index contributed by atoms with van der Waals surface area (Å²) in [5, 5.41) is 5.02. The summed E-state index contributed by atoms with van der Waals surface area (Å²) in [7, 11) is -7.60. The average molecular weight is 327 g/mol. The number of hydrogen-bond donors (Lipinski definition) is 2. The molecule has 3 N–H and O–H groups in total. The van der Waals surface area contributed by atoms with Gasteiger partial charge in [-0.05, 0) is 42.8 Å². The monoisotopic (exact) mass is 327 g/mol. The molecule has 0 spiro atoms. The third kappa shape index (κ3) is 3.57. The number of nitrogens with two attached hydrogens (primary N) is 1. The number of hydrogen-bond acceptors (Lipinski definition) is 5. The van der Waals surface area contributed by atoms with Gasteiger partial charge in [0.2, 0.25) is 10.0 Å². The summed E-state index contributed by atoms with van der Waals surface area (Å²) in [6, 6.07) is 6.80. The van der Waals surface area contributed by atoms with Gasteiger partial charge in [-0.2, -0.15) is 0 Å². The van der Waals surface area contributed by atoms with Gasteiger partial charge in [-0.1, -0.05) is 0 Å². The minimum absolute atomic E-state index is 0.0138. The number of aromatic nitrogens is 1. The summed E-state index contributed by atoms with van der Waals surface area (Å²) in [6.45, 7) is 1.58. The molecule has 0 atom stereocenters. The lowest BCUT2D eigenvalue weighted by Gasteiger charge is -2.11. The van der Waals surface area contributed by atoms with Crippen LogP contribution in [0.1, 0.15) is 5.56 Å². The van der Waals surface area contributed by atoms with E-state index in [1.165, 1.54) is 42.7 Å². The van der Waals surface area contributed by atoms with Crippen molar-refractivity contribution in [2.75, 3.05) is 4.72 Å². The zero-order valence-electron chi connectivity index (χ0n) is 11.0. The largest absolute Gasteiger partial charge is 0.279 e. The lowest BCUT2D eigenvalue weighted by molar-refractivity contribution is 0.597. The second kappa shape index (κ2) is 5.43. The number of aryl methyl sites for hydroxylation is 1. The number of primary sulfonamides is 1. The van der Waals surface area contributed by atoms with Crippen LogP contribution in [0, 0.1) is 6.92 Å². The normalized spacial score (nSPS) is 12.1. The Morgan fingerprint density at radius 1 is 1.10 bits per heavy atom. The Kier molecular flexibility index (Phi) is 3.99. The maximum Gasteiger partial charge on any atom is 0.263 e. The predicted octanol–water partition coefficient (Wildman–Crippen LogP) is 0.838. The Labute approximate surface area is 122 Å². The quantitative estimate of drug-likeness (QED) is 0.862. The van der Waals surface area contributed by atoms with E-state index in [1.807, 2.05) is 0 Å². The van der Waals surface area contributed by atoms with E-state index in [0.717, 1.165) is 0 Å². The Balaban J connectivity index is 2.37. The Morgan fingerprint density at radius 2 is 1.81 bits per heavy atom. The fraction of sp³-hybridized carbons (Fsp3) is 0.0833. The van der Waals surface area contributed by atoms with Gasteiger partial charge < -0.3 is 0 Å². The first-order valence-electron chi connectivity index (χ1n) is 5.76. The van der Waals surface area contributed by atoms with E-state index in [0.29, 0.717) is 5.56 Å². The van der Waals surface area contributed by atoms with Gasteiger partial charge in [0.1, 0.15) is 4.90 Å². The average Bonchev–Trinajstić information content (AvgIpc) is 2.41. The molecule has 0 bridgehead atoms. The van der Waals surface area contributed by atoms with Crippen molar-refractivity contribution in [2.45, 2.75) is 16.7 Å². The third-order valence-electron chi connectivity index (χ3n) is 2.72. The molecule has 1 heterocycles. The van der Waals surface area contributed by atoms with Crippen LogP contribution in [0.25, 0.3) is 0 Å². The van der Waals surface area contributed by atoms with E-state index in [1.54, 1.807) is 6.92 Å². The molecule has 7 nitrogen and oxygen atoms in total. The zero-order chi connectivity index (χ0) is 15.7. The number of pyridine rings is 1. The zero-order valence-corrected chi connectivity index (χ0v) is 12.6. The molecule has 1 aromatic heterocycles. The molecule has 112 valence electrons. The van der Waals surface area contributed by atoms with E-state index in [2.05, 4.69) is 9.71 Å². The van der Waals surface area contributed by atoms with Crippen molar-refractivity contribution in [1.82, 2.24) is 4.98 Å². The Bertz CT molecular complexity index is 863. The number of sulfonamides is 2. The minimum atomic E-state index is -3.83. The van der Waals surface area contributed by atoms with Crippen LogP contribution in [0.5, 0.6) is 0 Å². The van der Waals surface area contributed by atoms with Crippen molar-refractivity contribution in [3.63, 3.8) is 0 Å². The molecule has 0 aliphatic carbocycles. The molecule has 0 aliphatic heterocycles. The number of nitrogens with one attached hydrogen (secondary N) is 1. The maximum absolute atomic E-state index is 12.1. The molecule has 2 aromatic rings. The fourth-order valence-corrected chi connectivity index (χ4v) is 3.33. The van der Waals surface area contributed by atoms with Crippen molar-refractivity contribution in [2.24, 2.45) is 5.14 Å². The Hall–Kier alpha value is -1.97. The lowest BCUT2D eigenvalue weighted by Crippen LogP contribution is -2.15. The number of benzene rings is 1. The van der Waals surface area contributed by atoms with Crippen LogP contribution in [0.4, 0.5) is 5.69 Å². The molecule has 0 radical (unpaired) electrons. The molecule has 21 heavy (non-hydrogen) atoms. The molecule has 9 heteroatoms. The highest BCUT2D eigenvalue weighted by Crippen LogP contribution is 2.22. The Morgan fingerprint density at radius 3 is 2.33 bits per heavy atom. The molecule has 0 fully saturated rings. The van der Waals surface area contributed by atoms with E-state index < -0.39 is 20.0 Å². The summed E-state index contributed by atoms with van der Waals surface area (Å²) < 4.78 is 49.1. The molecule has 0 aliphatic rings. The predicted molar refractivity (Wildman–Crippen MR) is 77.6 cm³/mol. The van der Waals surface area contributed by atoms with Crippen molar-refractivity contribution < 1.29 is 16.8 Å².